The van der Waals surface area contributed by atoms with E-state index in [0.29, 0.717) is 5.75 Å². The normalized spacial score (nSPS) is 14.1. The first-order valence-electron chi connectivity index (χ1n) is 6.53. The number of benzene rings is 1. The molecule has 0 aliphatic rings. The molecule has 1 unspecified atom stereocenters. The van der Waals surface area contributed by atoms with Crippen LogP contribution in [-0.4, -0.2) is 10.1 Å². The van der Waals surface area contributed by atoms with Crippen LogP contribution in [0.5, 0.6) is 5.75 Å². The summed E-state index contributed by atoms with van der Waals surface area (Å²) in [5, 5.41) is 13.5. The van der Waals surface area contributed by atoms with E-state index in [2.05, 4.69) is 24.1 Å². The number of aromatic nitrogens is 1. The second kappa shape index (κ2) is 5.85. The van der Waals surface area contributed by atoms with Crippen molar-refractivity contribution in [2.45, 2.75) is 32.9 Å². The fraction of sp³-hybridized carbons (Fsp3) is 0.312. The molecule has 3 heteroatoms. The van der Waals surface area contributed by atoms with Crippen molar-refractivity contribution < 1.29 is 5.11 Å². The van der Waals surface area contributed by atoms with E-state index < -0.39 is 0 Å². The predicted octanol–water partition coefficient (Wildman–Crippen LogP) is 3.51. The maximum Gasteiger partial charge on any atom is 0.120 e. The van der Waals surface area contributed by atoms with Crippen molar-refractivity contribution in [2.24, 2.45) is 0 Å². The lowest BCUT2D eigenvalue weighted by molar-refractivity contribution is 0.438. The Balaban J connectivity index is 2.10. The average Bonchev–Trinajstić information content (AvgIpc) is 2.39. The summed E-state index contributed by atoms with van der Waals surface area (Å²) in [7, 11) is 0. The van der Waals surface area contributed by atoms with Crippen molar-refractivity contribution in [1.82, 2.24) is 10.3 Å². The Morgan fingerprint density at radius 3 is 2.58 bits per heavy atom. The van der Waals surface area contributed by atoms with Crippen LogP contribution in [0, 0.1) is 6.92 Å². The number of pyridine rings is 1. The molecule has 0 amide bonds. The number of nitrogens with zero attached hydrogens (tertiary/aromatic N) is 1. The number of aryl methyl sites for hydroxylation is 1. The van der Waals surface area contributed by atoms with E-state index in [0.717, 1.165) is 16.7 Å². The van der Waals surface area contributed by atoms with Crippen molar-refractivity contribution in [1.29, 1.82) is 0 Å². The number of hydrogen-bond acceptors (Lipinski definition) is 3. The van der Waals surface area contributed by atoms with Gasteiger partial charge in [-0.15, -0.1) is 0 Å². The van der Waals surface area contributed by atoms with Gasteiger partial charge in [0.05, 0.1) is 0 Å². The minimum Gasteiger partial charge on any atom is -0.508 e. The van der Waals surface area contributed by atoms with Gasteiger partial charge in [0.25, 0.3) is 0 Å². The number of rotatable bonds is 4. The molecular weight excluding hydrogens is 236 g/mol. The van der Waals surface area contributed by atoms with Crippen LogP contribution in [0.15, 0.2) is 42.7 Å². The molecule has 0 spiro atoms. The van der Waals surface area contributed by atoms with Gasteiger partial charge in [0, 0.05) is 30.0 Å². The lowest BCUT2D eigenvalue weighted by Crippen LogP contribution is -2.22. The zero-order valence-electron chi connectivity index (χ0n) is 11.6. The van der Waals surface area contributed by atoms with Crippen LogP contribution in [0.1, 0.15) is 42.6 Å². The van der Waals surface area contributed by atoms with E-state index in [-0.39, 0.29) is 12.1 Å². The third-order valence-electron chi connectivity index (χ3n) is 3.34. The maximum atomic E-state index is 9.99. The van der Waals surface area contributed by atoms with Gasteiger partial charge in [-0.25, -0.2) is 0 Å². The monoisotopic (exact) mass is 256 g/mol. The van der Waals surface area contributed by atoms with Gasteiger partial charge in [0.15, 0.2) is 0 Å². The molecule has 0 fully saturated rings. The zero-order chi connectivity index (χ0) is 13.8. The van der Waals surface area contributed by atoms with E-state index in [4.69, 9.17) is 0 Å². The molecule has 1 aromatic carbocycles. The van der Waals surface area contributed by atoms with Gasteiger partial charge in [-0.05, 0) is 44.0 Å². The smallest absolute Gasteiger partial charge is 0.120 e. The molecule has 0 radical (unpaired) electrons. The Bertz CT molecular complexity index is 540. The predicted molar refractivity (Wildman–Crippen MR) is 77.0 cm³/mol. The summed E-state index contributed by atoms with van der Waals surface area (Å²) in [5.74, 6) is 0.346. The van der Waals surface area contributed by atoms with Crippen molar-refractivity contribution >= 4 is 0 Å². The largest absolute Gasteiger partial charge is 0.508 e. The molecule has 0 aliphatic heterocycles. The van der Waals surface area contributed by atoms with Crippen molar-refractivity contribution in [3.63, 3.8) is 0 Å². The summed E-state index contributed by atoms with van der Waals surface area (Å²) in [6, 6.07) is 10.0. The molecule has 2 atom stereocenters. The highest BCUT2D eigenvalue weighted by Gasteiger charge is 2.14. The van der Waals surface area contributed by atoms with Gasteiger partial charge in [-0.2, -0.15) is 0 Å². The highest BCUT2D eigenvalue weighted by atomic mass is 16.3. The van der Waals surface area contributed by atoms with Crippen LogP contribution in [-0.2, 0) is 0 Å². The molecule has 3 nitrogen and oxygen atoms in total. The summed E-state index contributed by atoms with van der Waals surface area (Å²) in [4.78, 5) is 4.13. The molecule has 0 saturated carbocycles. The van der Waals surface area contributed by atoms with Crippen LogP contribution >= 0.6 is 0 Å². The molecule has 2 N–H and O–H groups in total. The fourth-order valence-corrected chi connectivity index (χ4v) is 2.21. The third kappa shape index (κ3) is 3.32. The molecule has 1 aromatic heterocycles. The molecule has 1 heterocycles. The first kappa shape index (κ1) is 13.6. The number of phenols is 1. The van der Waals surface area contributed by atoms with E-state index in [1.165, 1.54) is 0 Å². The number of phenolic OH excluding ortho intramolecular Hbond substituents is 1. The molecular formula is C16H20N2O. The van der Waals surface area contributed by atoms with E-state index in [1.807, 2.05) is 37.4 Å². The van der Waals surface area contributed by atoms with Crippen LogP contribution in [0.3, 0.4) is 0 Å². The highest BCUT2D eigenvalue weighted by Crippen LogP contribution is 2.27. The number of hydrogen-bond donors (Lipinski definition) is 2. The standard InChI is InChI=1S/C16H20N2O/c1-11-6-7-15(16(19)9-11)13(3)18-12(2)14-5-4-8-17-10-14/h4-10,12-13,18-19H,1-3H3/t12-,13?/m1/s1. The van der Waals surface area contributed by atoms with Crippen molar-refractivity contribution in [3.8, 4) is 5.75 Å². The first-order valence-corrected chi connectivity index (χ1v) is 6.53. The molecule has 2 aromatic rings. The summed E-state index contributed by atoms with van der Waals surface area (Å²) in [6.45, 7) is 6.12. The van der Waals surface area contributed by atoms with Crippen LogP contribution < -0.4 is 5.32 Å². The average molecular weight is 256 g/mol. The first-order chi connectivity index (χ1) is 9.08. The van der Waals surface area contributed by atoms with E-state index >= 15 is 0 Å². The van der Waals surface area contributed by atoms with Gasteiger partial charge in [0.1, 0.15) is 5.75 Å². The molecule has 0 aliphatic carbocycles. The van der Waals surface area contributed by atoms with Crippen LogP contribution in [0.4, 0.5) is 0 Å². The van der Waals surface area contributed by atoms with Gasteiger partial charge in [-0.1, -0.05) is 18.2 Å². The van der Waals surface area contributed by atoms with Crippen LogP contribution in [0.25, 0.3) is 0 Å². The van der Waals surface area contributed by atoms with Gasteiger partial charge >= 0.3 is 0 Å². The van der Waals surface area contributed by atoms with Gasteiger partial charge in [-0.3, -0.25) is 4.98 Å². The molecule has 0 bridgehead atoms. The number of aromatic hydroxyl groups is 1. The van der Waals surface area contributed by atoms with Crippen molar-refractivity contribution in [3.05, 3.63) is 59.4 Å². The third-order valence-corrected chi connectivity index (χ3v) is 3.34. The molecule has 100 valence electrons. The Hall–Kier alpha value is -1.87. The van der Waals surface area contributed by atoms with Gasteiger partial charge < -0.3 is 10.4 Å². The quantitative estimate of drug-likeness (QED) is 0.880. The molecule has 2 rings (SSSR count). The second-order valence-corrected chi connectivity index (χ2v) is 4.96. The minimum atomic E-state index is 0.0795. The Labute approximate surface area is 114 Å². The lowest BCUT2D eigenvalue weighted by Gasteiger charge is -2.21. The highest BCUT2D eigenvalue weighted by molar-refractivity contribution is 5.38. The Kier molecular flexibility index (Phi) is 4.17. The zero-order valence-corrected chi connectivity index (χ0v) is 11.6. The molecule has 19 heavy (non-hydrogen) atoms. The minimum absolute atomic E-state index is 0.0795. The van der Waals surface area contributed by atoms with Crippen LogP contribution in [0.2, 0.25) is 0 Å². The summed E-state index contributed by atoms with van der Waals surface area (Å²) < 4.78 is 0. The molecule has 0 saturated heterocycles. The summed E-state index contributed by atoms with van der Waals surface area (Å²) in [5.41, 5.74) is 3.12. The summed E-state index contributed by atoms with van der Waals surface area (Å²) in [6.07, 6.45) is 3.63. The maximum absolute atomic E-state index is 9.99. The topological polar surface area (TPSA) is 45.2 Å². The van der Waals surface area contributed by atoms with Gasteiger partial charge in [0.2, 0.25) is 0 Å². The second-order valence-electron chi connectivity index (χ2n) is 4.96. The van der Waals surface area contributed by atoms with E-state index in [9.17, 15) is 5.11 Å². The van der Waals surface area contributed by atoms with Crippen molar-refractivity contribution in [2.75, 3.05) is 0 Å². The Morgan fingerprint density at radius 2 is 1.95 bits per heavy atom. The number of nitrogens with one attached hydrogen (secondary N) is 1. The lowest BCUT2D eigenvalue weighted by atomic mass is 10.0. The van der Waals surface area contributed by atoms with E-state index in [1.54, 1.807) is 12.3 Å². The fourth-order valence-electron chi connectivity index (χ4n) is 2.21. The SMILES string of the molecule is Cc1ccc(C(C)N[C@H](C)c2cccnc2)c(O)c1. The summed E-state index contributed by atoms with van der Waals surface area (Å²) >= 11 is 0. The Morgan fingerprint density at radius 1 is 1.16 bits per heavy atom.